The SMILES string of the molecule is CCC(O)CCONC(=O)c1cc(F)c(F)cc1Nc1ccc(I)cc1C. The molecule has 1 unspecified atom stereocenters. The van der Waals surface area contributed by atoms with Gasteiger partial charge in [-0.05, 0) is 72.2 Å². The fourth-order valence-electron chi connectivity index (χ4n) is 2.32. The topological polar surface area (TPSA) is 70.6 Å². The smallest absolute Gasteiger partial charge is 0.277 e. The van der Waals surface area contributed by atoms with Gasteiger partial charge in [-0.3, -0.25) is 9.63 Å². The van der Waals surface area contributed by atoms with Gasteiger partial charge in [-0.15, -0.1) is 0 Å². The Kier molecular flexibility index (Phi) is 7.93. The predicted molar refractivity (Wildman–Crippen MR) is 108 cm³/mol. The number of anilines is 2. The van der Waals surface area contributed by atoms with E-state index in [1.165, 1.54) is 0 Å². The molecule has 0 saturated heterocycles. The van der Waals surface area contributed by atoms with Crippen LogP contribution in [-0.2, 0) is 4.84 Å². The summed E-state index contributed by atoms with van der Waals surface area (Å²) in [6, 6.07) is 7.33. The van der Waals surface area contributed by atoms with Crippen LogP contribution in [0.5, 0.6) is 0 Å². The maximum atomic E-state index is 13.7. The highest BCUT2D eigenvalue weighted by Gasteiger charge is 2.17. The predicted octanol–water partition coefficient (Wildman–Crippen LogP) is 4.44. The minimum absolute atomic E-state index is 0.0945. The van der Waals surface area contributed by atoms with Crippen LogP contribution in [0.3, 0.4) is 0 Å². The third-order valence-electron chi connectivity index (χ3n) is 3.95. The number of halogens is 3. The van der Waals surface area contributed by atoms with Crippen molar-refractivity contribution in [3.63, 3.8) is 0 Å². The van der Waals surface area contributed by atoms with Crippen molar-refractivity contribution in [1.29, 1.82) is 0 Å². The first-order chi connectivity index (χ1) is 12.8. The molecule has 0 saturated carbocycles. The van der Waals surface area contributed by atoms with Gasteiger partial charge in [0, 0.05) is 15.3 Å². The molecular weight excluding hydrogens is 469 g/mol. The number of aryl methyl sites for hydroxylation is 1. The number of benzene rings is 2. The third-order valence-corrected chi connectivity index (χ3v) is 4.62. The zero-order valence-corrected chi connectivity index (χ0v) is 17.1. The summed E-state index contributed by atoms with van der Waals surface area (Å²) in [6.07, 6.45) is 0.400. The van der Waals surface area contributed by atoms with E-state index >= 15 is 0 Å². The van der Waals surface area contributed by atoms with E-state index in [2.05, 4.69) is 33.4 Å². The van der Waals surface area contributed by atoms with Crippen LogP contribution < -0.4 is 10.8 Å². The van der Waals surface area contributed by atoms with E-state index in [-0.39, 0.29) is 17.9 Å². The number of hydroxylamine groups is 1. The van der Waals surface area contributed by atoms with Crippen LogP contribution in [0.4, 0.5) is 20.2 Å². The Hall–Kier alpha value is -1.78. The second-order valence-corrected chi connectivity index (χ2v) is 7.27. The summed E-state index contributed by atoms with van der Waals surface area (Å²) in [5.74, 6) is -2.92. The summed E-state index contributed by atoms with van der Waals surface area (Å²) in [6.45, 7) is 3.80. The van der Waals surface area contributed by atoms with E-state index in [0.29, 0.717) is 18.5 Å². The van der Waals surface area contributed by atoms with Crippen LogP contribution >= 0.6 is 22.6 Å². The van der Waals surface area contributed by atoms with Gasteiger partial charge in [0.15, 0.2) is 11.6 Å². The van der Waals surface area contributed by atoms with Gasteiger partial charge in [0.1, 0.15) is 0 Å². The van der Waals surface area contributed by atoms with Crippen LogP contribution in [0.2, 0.25) is 0 Å². The maximum absolute atomic E-state index is 13.7. The Morgan fingerprint density at radius 3 is 2.59 bits per heavy atom. The Labute approximate surface area is 170 Å². The van der Waals surface area contributed by atoms with Gasteiger partial charge in [-0.2, -0.15) is 0 Å². The van der Waals surface area contributed by atoms with Gasteiger partial charge in [-0.25, -0.2) is 14.3 Å². The van der Waals surface area contributed by atoms with Crippen molar-refractivity contribution >= 4 is 39.9 Å². The third kappa shape index (κ3) is 6.12. The minimum atomic E-state index is -1.13. The molecule has 8 heteroatoms. The van der Waals surface area contributed by atoms with E-state index in [1.807, 2.05) is 26.0 Å². The van der Waals surface area contributed by atoms with E-state index in [9.17, 15) is 18.7 Å². The standard InChI is InChI=1S/C19H21F2IN2O3/c1-3-13(25)6-7-27-24-19(26)14-9-15(20)16(21)10-18(14)23-17-5-4-12(22)8-11(17)2/h4-5,8-10,13,23,25H,3,6-7H2,1-2H3,(H,24,26). The molecule has 5 nitrogen and oxygen atoms in total. The number of hydrogen-bond acceptors (Lipinski definition) is 4. The molecule has 0 spiro atoms. The molecular formula is C19H21F2IN2O3. The highest BCUT2D eigenvalue weighted by molar-refractivity contribution is 14.1. The second-order valence-electron chi connectivity index (χ2n) is 6.03. The molecule has 2 aromatic carbocycles. The fourth-order valence-corrected chi connectivity index (χ4v) is 2.97. The molecule has 1 atom stereocenters. The normalized spacial score (nSPS) is 11.9. The number of carbonyl (C=O) groups is 1. The molecule has 0 aliphatic heterocycles. The summed E-state index contributed by atoms with van der Waals surface area (Å²) >= 11 is 2.17. The van der Waals surface area contributed by atoms with Crippen molar-refractivity contribution in [2.75, 3.05) is 11.9 Å². The van der Waals surface area contributed by atoms with Gasteiger partial charge in [0.05, 0.1) is 24.0 Å². The number of aliphatic hydroxyl groups excluding tert-OH is 1. The molecule has 27 heavy (non-hydrogen) atoms. The molecule has 0 aliphatic rings. The summed E-state index contributed by atoms with van der Waals surface area (Å²) in [5, 5.41) is 12.4. The van der Waals surface area contributed by atoms with Gasteiger partial charge < -0.3 is 10.4 Å². The average molecular weight is 490 g/mol. The molecule has 0 aliphatic carbocycles. The molecule has 146 valence electrons. The van der Waals surface area contributed by atoms with Crippen LogP contribution in [0.1, 0.15) is 35.7 Å². The van der Waals surface area contributed by atoms with Crippen molar-refractivity contribution in [2.24, 2.45) is 0 Å². The van der Waals surface area contributed by atoms with Gasteiger partial charge >= 0.3 is 0 Å². The lowest BCUT2D eigenvalue weighted by molar-refractivity contribution is 0.0161. The Morgan fingerprint density at radius 1 is 1.22 bits per heavy atom. The number of nitrogens with one attached hydrogen (secondary N) is 2. The lowest BCUT2D eigenvalue weighted by Gasteiger charge is -2.15. The Morgan fingerprint density at radius 2 is 1.93 bits per heavy atom. The van der Waals surface area contributed by atoms with Gasteiger partial charge in [0.25, 0.3) is 5.91 Å². The largest absolute Gasteiger partial charge is 0.393 e. The molecule has 2 aromatic rings. The van der Waals surface area contributed by atoms with Crippen molar-refractivity contribution < 1.29 is 23.5 Å². The van der Waals surface area contributed by atoms with Crippen LogP contribution in [0, 0.1) is 22.1 Å². The summed E-state index contributed by atoms with van der Waals surface area (Å²) in [5.41, 5.74) is 3.78. The lowest BCUT2D eigenvalue weighted by atomic mass is 10.1. The number of rotatable bonds is 8. The van der Waals surface area contributed by atoms with Crippen molar-refractivity contribution in [1.82, 2.24) is 5.48 Å². The van der Waals surface area contributed by atoms with Crippen molar-refractivity contribution in [3.8, 4) is 0 Å². The molecule has 2 rings (SSSR count). The van der Waals surface area contributed by atoms with Crippen LogP contribution in [0.25, 0.3) is 0 Å². The van der Waals surface area contributed by atoms with Crippen LogP contribution in [0.15, 0.2) is 30.3 Å². The number of amides is 1. The Balaban J connectivity index is 2.17. The molecule has 1 amide bonds. The lowest BCUT2D eigenvalue weighted by Crippen LogP contribution is -2.26. The molecule has 0 radical (unpaired) electrons. The van der Waals surface area contributed by atoms with Gasteiger partial charge in [0.2, 0.25) is 0 Å². The summed E-state index contributed by atoms with van der Waals surface area (Å²) in [7, 11) is 0. The van der Waals surface area contributed by atoms with Crippen molar-refractivity contribution in [2.45, 2.75) is 32.8 Å². The maximum Gasteiger partial charge on any atom is 0.277 e. The highest BCUT2D eigenvalue weighted by atomic mass is 127. The molecule has 0 bridgehead atoms. The first-order valence-electron chi connectivity index (χ1n) is 8.44. The first-order valence-corrected chi connectivity index (χ1v) is 9.52. The zero-order chi connectivity index (χ0) is 20.0. The zero-order valence-electron chi connectivity index (χ0n) is 15.0. The quantitative estimate of drug-likeness (QED) is 0.291. The first kappa shape index (κ1) is 21.5. The summed E-state index contributed by atoms with van der Waals surface area (Å²) in [4.78, 5) is 17.4. The average Bonchev–Trinajstić information content (AvgIpc) is 2.63. The van der Waals surface area contributed by atoms with E-state index in [1.54, 1.807) is 6.07 Å². The van der Waals surface area contributed by atoms with E-state index < -0.39 is 23.6 Å². The van der Waals surface area contributed by atoms with Crippen molar-refractivity contribution in [3.05, 3.63) is 56.7 Å². The summed E-state index contributed by atoms with van der Waals surface area (Å²) < 4.78 is 28.4. The van der Waals surface area contributed by atoms with Crippen LogP contribution in [-0.4, -0.2) is 23.7 Å². The second kappa shape index (κ2) is 9.95. The Bertz CT molecular complexity index is 818. The monoisotopic (exact) mass is 490 g/mol. The molecule has 0 fully saturated rings. The minimum Gasteiger partial charge on any atom is -0.393 e. The molecule has 0 aromatic heterocycles. The van der Waals surface area contributed by atoms with E-state index in [4.69, 9.17) is 4.84 Å². The number of carbonyl (C=O) groups excluding carboxylic acids is 1. The van der Waals surface area contributed by atoms with E-state index in [0.717, 1.165) is 21.3 Å². The molecule has 0 heterocycles. The number of hydrogen-bond donors (Lipinski definition) is 3. The van der Waals surface area contributed by atoms with Gasteiger partial charge in [-0.1, -0.05) is 6.92 Å². The molecule has 3 N–H and O–H groups in total. The number of aliphatic hydroxyl groups is 1. The fraction of sp³-hybridized carbons (Fsp3) is 0.316. The highest BCUT2D eigenvalue weighted by Crippen LogP contribution is 2.27.